The predicted octanol–water partition coefficient (Wildman–Crippen LogP) is 0.817. The molecular weight excluding hydrogens is 242 g/mol. The van der Waals surface area contributed by atoms with Crippen molar-refractivity contribution in [1.29, 1.82) is 0 Å². The van der Waals surface area contributed by atoms with Crippen LogP contribution in [0.5, 0.6) is 0 Å². The second kappa shape index (κ2) is 6.05. The van der Waals surface area contributed by atoms with Crippen LogP contribution in [0.4, 0.5) is 4.79 Å². The highest BCUT2D eigenvalue weighted by Gasteiger charge is 2.15. The molecule has 1 N–H and O–H groups in total. The van der Waals surface area contributed by atoms with E-state index >= 15 is 0 Å². The predicted molar refractivity (Wildman–Crippen MR) is 69.9 cm³/mol. The molecule has 0 aromatic heterocycles. The third kappa shape index (κ3) is 11.2. The van der Waals surface area contributed by atoms with E-state index in [2.05, 4.69) is 5.32 Å². The lowest BCUT2D eigenvalue weighted by molar-refractivity contribution is -0.112. The van der Waals surface area contributed by atoms with Gasteiger partial charge < -0.3 is 10.1 Å². The Balaban J connectivity index is 3.98. The zero-order valence-corrected chi connectivity index (χ0v) is 11.8. The number of nitrogens with one attached hydrogen (secondary N) is 1. The number of hydrogen-bond donors (Lipinski definition) is 1. The van der Waals surface area contributed by atoms with Crippen LogP contribution in [0.2, 0.25) is 0 Å². The Morgan fingerprint density at radius 3 is 2.24 bits per heavy atom. The highest BCUT2D eigenvalue weighted by atomic mass is 32.2. The van der Waals surface area contributed by atoms with Crippen molar-refractivity contribution in [3.05, 3.63) is 0 Å². The number of ether oxygens (including phenoxy) is 1. The van der Waals surface area contributed by atoms with Crippen LogP contribution >= 0.6 is 0 Å². The van der Waals surface area contributed by atoms with Crippen molar-refractivity contribution >= 4 is 26.8 Å². The maximum Gasteiger partial charge on any atom is 0.407 e. The molecule has 0 heterocycles. The van der Waals surface area contributed by atoms with E-state index in [-0.39, 0.29) is 18.7 Å². The van der Waals surface area contributed by atoms with Crippen LogP contribution in [0, 0.1) is 0 Å². The summed E-state index contributed by atoms with van der Waals surface area (Å²) in [4.78, 5) is 22.5. The van der Waals surface area contributed by atoms with Gasteiger partial charge in [-0.15, -0.1) is 0 Å². The molecule has 0 fully saturated rings. The molecule has 0 aliphatic rings. The zero-order chi connectivity index (χ0) is 13.7. The Morgan fingerprint density at radius 1 is 1.29 bits per heavy atom. The summed E-state index contributed by atoms with van der Waals surface area (Å²) in [5.41, 5.74) is -0.554. The molecule has 0 atom stereocenters. The van der Waals surface area contributed by atoms with Gasteiger partial charge in [-0.3, -0.25) is 9.00 Å². The lowest BCUT2D eigenvalue weighted by atomic mass is 10.2. The van der Waals surface area contributed by atoms with E-state index in [9.17, 15) is 13.8 Å². The van der Waals surface area contributed by atoms with Gasteiger partial charge in [0.2, 0.25) is 0 Å². The smallest absolute Gasteiger partial charge is 0.407 e. The lowest BCUT2D eigenvalue weighted by Gasteiger charge is -2.19. The number of amides is 1. The summed E-state index contributed by atoms with van der Waals surface area (Å²) < 4.78 is 16.3. The molecule has 0 bridgehead atoms. The summed E-state index contributed by atoms with van der Waals surface area (Å²) in [6, 6.07) is 0. The van der Waals surface area contributed by atoms with Gasteiger partial charge in [-0.2, -0.15) is 0 Å². The summed E-state index contributed by atoms with van der Waals surface area (Å²) in [5, 5.41) is 3.66. The molecule has 0 aliphatic heterocycles. The summed E-state index contributed by atoms with van der Waals surface area (Å²) in [6.45, 7) is 5.46. The minimum Gasteiger partial charge on any atom is -0.444 e. The maximum atomic E-state index is 11.3. The van der Waals surface area contributed by atoms with Crippen LogP contribution in [0.1, 0.15) is 27.2 Å². The Kier molecular flexibility index (Phi) is 5.68. The third-order valence-electron chi connectivity index (χ3n) is 1.45. The van der Waals surface area contributed by atoms with Crippen LogP contribution in [-0.2, 0) is 19.1 Å². The molecule has 0 spiro atoms. The van der Waals surface area contributed by atoms with Gasteiger partial charge in [-0.25, -0.2) is 4.79 Å². The van der Waals surface area contributed by atoms with E-state index in [1.807, 2.05) is 0 Å². The molecule has 0 saturated carbocycles. The average molecular weight is 263 g/mol. The molecule has 5 nitrogen and oxygen atoms in total. The van der Waals surface area contributed by atoms with Crippen molar-refractivity contribution in [2.24, 2.45) is 0 Å². The van der Waals surface area contributed by atoms with Crippen molar-refractivity contribution in [2.75, 3.05) is 19.1 Å². The van der Waals surface area contributed by atoms with E-state index in [4.69, 9.17) is 4.74 Å². The monoisotopic (exact) mass is 263 g/mol. The fourth-order valence-electron chi connectivity index (χ4n) is 0.977. The van der Waals surface area contributed by atoms with Crippen molar-refractivity contribution in [2.45, 2.75) is 32.8 Å². The van der Waals surface area contributed by atoms with Gasteiger partial charge in [0.25, 0.3) is 0 Å². The molecule has 0 aromatic carbocycles. The van der Waals surface area contributed by atoms with Gasteiger partial charge in [0.1, 0.15) is 5.60 Å². The minimum atomic E-state index is -2.17. The molecule has 6 heteroatoms. The number of carbonyl (C=O) groups is 2. The first-order chi connectivity index (χ1) is 7.49. The molecule has 0 saturated heterocycles. The summed E-state index contributed by atoms with van der Waals surface area (Å²) >= 11 is 0. The van der Waals surface area contributed by atoms with E-state index in [0.717, 1.165) is 0 Å². The number of carbonyl (C=O) groups excluding carboxylic acids is 2. The highest BCUT2D eigenvalue weighted by molar-refractivity contribution is 8.01. The first-order valence-corrected chi connectivity index (χ1v) is 7.72. The van der Waals surface area contributed by atoms with Gasteiger partial charge in [0.05, 0.1) is 0 Å². The molecule has 0 radical (unpaired) electrons. The summed E-state index contributed by atoms with van der Waals surface area (Å²) in [6.07, 6.45) is 2.55. The minimum absolute atomic E-state index is 0.123. The molecule has 0 rings (SSSR count). The Hall–Kier alpha value is -1.04. The number of alkyl carbamates (subject to hydrolysis) is 1. The second-order valence-electron chi connectivity index (χ2n) is 5.07. The molecular formula is C11H21NO4S. The number of ketones is 1. The third-order valence-corrected chi connectivity index (χ3v) is 2.29. The Labute approximate surface area is 103 Å². The van der Waals surface area contributed by atoms with Crippen LogP contribution < -0.4 is 5.32 Å². The number of rotatable bonds is 4. The van der Waals surface area contributed by atoms with E-state index in [0.29, 0.717) is 0 Å². The highest BCUT2D eigenvalue weighted by Crippen LogP contribution is 2.06. The average Bonchev–Trinajstić information content (AvgIpc) is 1.95. The Morgan fingerprint density at radius 2 is 1.82 bits per heavy atom. The van der Waals surface area contributed by atoms with Crippen LogP contribution in [-0.4, -0.2) is 46.1 Å². The first kappa shape index (κ1) is 16.0. The lowest BCUT2D eigenvalue weighted by Crippen LogP contribution is -2.33. The van der Waals surface area contributed by atoms with Gasteiger partial charge in [0.15, 0.2) is 5.78 Å². The van der Waals surface area contributed by atoms with Gasteiger partial charge in [-0.1, -0.05) is 0 Å². The maximum absolute atomic E-state index is 11.3. The number of hydrogen-bond acceptors (Lipinski definition) is 4. The molecule has 0 unspecified atom stereocenters. The summed E-state index contributed by atoms with van der Waals surface area (Å²) in [5.74, 6) is -0.240. The topological polar surface area (TPSA) is 72.5 Å². The normalized spacial score (nSPS) is 11.8. The zero-order valence-electron chi connectivity index (χ0n) is 11.0. The quantitative estimate of drug-likeness (QED) is 0.762. The van der Waals surface area contributed by atoms with Gasteiger partial charge >= 0.3 is 6.09 Å². The molecule has 0 aromatic rings. The first-order valence-electron chi connectivity index (χ1n) is 5.28. The van der Waals surface area contributed by atoms with E-state index in [1.165, 1.54) is 17.9 Å². The molecule has 0 aliphatic carbocycles. The number of Topliss-reactive ketones (excluding diaryl/α,β-unsaturated/α-hetero) is 1. The summed E-state index contributed by atoms with van der Waals surface area (Å²) in [7, 11) is -2.17. The van der Waals surface area contributed by atoms with Crippen molar-refractivity contribution in [3.63, 3.8) is 0 Å². The SMILES string of the molecule is CC(C)(C)OC(=O)NCCC(=O)C=S(C)(C)=O. The van der Waals surface area contributed by atoms with Gasteiger partial charge in [-0.05, 0) is 30.3 Å². The molecule has 100 valence electrons. The van der Waals surface area contributed by atoms with E-state index in [1.54, 1.807) is 20.8 Å². The fourth-order valence-corrected chi connectivity index (χ4v) is 1.73. The van der Waals surface area contributed by atoms with Crippen molar-refractivity contribution in [3.8, 4) is 0 Å². The molecule has 1 amide bonds. The van der Waals surface area contributed by atoms with Gasteiger partial charge in [0, 0.05) is 30.8 Å². The van der Waals surface area contributed by atoms with Crippen LogP contribution in [0.15, 0.2) is 0 Å². The van der Waals surface area contributed by atoms with Crippen LogP contribution in [0.3, 0.4) is 0 Å². The molecule has 17 heavy (non-hydrogen) atoms. The Bertz CT molecular complexity index is 392. The van der Waals surface area contributed by atoms with Crippen molar-refractivity contribution < 1.29 is 18.5 Å². The second-order valence-corrected chi connectivity index (χ2v) is 7.93. The van der Waals surface area contributed by atoms with Crippen LogP contribution in [0.25, 0.3) is 0 Å². The standard InChI is InChI=1S/C11H21NO4S/c1-11(2,3)16-10(14)12-7-6-9(13)8-17(4,5)15/h8H,6-7H2,1-5H3,(H,12,14). The van der Waals surface area contributed by atoms with Crippen molar-refractivity contribution in [1.82, 2.24) is 5.32 Å². The largest absolute Gasteiger partial charge is 0.444 e. The fraction of sp³-hybridized carbons (Fsp3) is 0.727. The van der Waals surface area contributed by atoms with E-state index < -0.39 is 21.2 Å².